The number of hydrogen-bond donors (Lipinski definition) is 0. The molecule has 0 saturated carbocycles. The van der Waals surface area contributed by atoms with Crippen LogP contribution in [0.25, 0.3) is 55.0 Å². The molecule has 0 N–H and O–H groups in total. The maximum atomic E-state index is 2.41. The Morgan fingerprint density at radius 1 is 0.423 bits per heavy atom. The van der Waals surface area contributed by atoms with Gasteiger partial charge < -0.3 is 14.0 Å². The van der Waals surface area contributed by atoms with Crippen molar-refractivity contribution in [2.45, 2.75) is 46.0 Å². The van der Waals surface area contributed by atoms with E-state index in [1.807, 2.05) is 0 Å². The van der Waals surface area contributed by atoms with Crippen LogP contribution >= 0.6 is 0 Å². The van der Waals surface area contributed by atoms with Gasteiger partial charge in [0.15, 0.2) is 0 Å². The van der Waals surface area contributed by atoms with E-state index in [0.717, 1.165) is 17.1 Å². The molecule has 0 aliphatic heterocycles. The van der Waals surface area contributed by atoms with Crippen molar-refractivity contribution in [1.82, 2.24) is 9.13 Å². The summed E-state index contributed by atoms with van der Waals surface area (Å²) in [4.78, 5) is 2.41. The molecule has 7 aromatic carbocycles. The lowest BCUT2D eigenvalue weighted by Gasteiger charge is -2.26. The highest BCUT2D eigenvalue weighted by Gasteiger charge is 2.22. The van der Waals surface area contributed by atoms with E-state index in [0.29, 0.717) is 5.92 Å². The van der Waals surface area contributed by atoms with Crippen LogP contribution in [-0.4, -0.2) is 9.13 Å². The Morgan fingerprint density at radius 3 is 1.33 bits per heavy atom. The van der Waals surface area contributed by atoms with Gasteiger partial charge in [0.1, 0.15) is 0 Å². The van der Waals surface area contributed by atoms with Gasteiger partial charge in [-0.05, 0) is 120 Å². The molecule has 0 amide bonds. The molecular formula is C49H43N3. The predicted octanol–water partition coefficient (Wildman–Crippen LogP) is 13.8. The first kappa shape index (κ1) is 31.9. The summed E-state index contributed by atoms with van der Waals surface area (Å²) < 4.78 is 4.81. The van der Waals surface area contributed by atoms with Crippen molar-refractivity contribution in [2.24, 2.45) is 0 Å². The number of nitrogens with zero attached hydrogens (tertiary/aromatic N) is 3. The fourth-order valence-corrected chi connectivity index (χ4v) is 7.88. The molecular weight excluding hydrogens is 631 g/mol. The Bertz CT molecular complexity index is 2730. The van der Waals surface area contributed by atoms with Crippen molar-refractivity contribution in [3.63, 3.8) is 0 Å². The lowest BCUT2D eigenvalue weighted by Crippen LogP contribution is -2.10. The molecule has 3 nitrogen and oxygen atoms in total. The summed E-state index contributed by atoms with van der Waals surface area (Å²) in [7, 11) is 0. The van der Waals surface area contributed by atoms with Gasteiger partial charge >= 0.3 is 0 Å². The van der Waals surface area contributed by atoms with Crippen LogP contribution in [0.5, 0.6) is 0 Å². The van der Waals surface area contributed by atoms with Crippen molar-refractivity contribution >= 4 is 60.7 Å². The normalized spacial score (nSPS) is 12.1. The minimum absolute atomic E-state index is 0.0345. The van der Waals surface area contributed by atoms with Gasteiger partial charge in [0.2, 0.25) is 0 Å². The van der Waals surface area contributed by atoms with E-state index in [-0.39, 0.29) is 5.41 Å². The van der Waals surface area contributed by atoms with Crippen molar-refractivity contribution in [1.29, 1.82) is 0 Å². The van der Waals surface area contributed by atoms with E-state index in [1.165, 1.54) is 66.1 Å². The van der Waals surface area contributed by atoms with E-state index in [2.05, 4.69) is 212 Å². The van der Waals surface area contributed by atoms with Crippen LogP contribution in [0.2, 0.25) is 0 Å². The minimum atomic E-state index is 0.0345. The fourth-order valence-electron chi connectivity index (χ4n) is 7.88. The van der Waals surface area contributed by atoms with E-state index in [9.17, 15) is 0 Å². The Kier molecular flexibility index (Phi) is 7.55. The summed E-state index contributed by atoms with van der Waals surface area (Å²) in [5.74, 6) is 0.437. The van der Waals surface area contributed by atoms with Crippen molar-refractivity contribution in [3.8, 4) is 11.4 Å². The van der Waals surface area contributed by atoms with Crippen molar-refractivity contribution in [3.05, 3.63) is 175 Å². The number of rotatable bonds is 6. The van der Waals surface area contributed by atoms with Gasteiger partial charge in [-0.15, -0.1) is 0 Å². The monoisotopic (exact) mass is 673 g/mol. The number of hydrogen-bond acceptors (Lipinski definition) is 1. The molecule has 0 atom stereocenters. The summed E-state index contributed by atoms with van der Waals surface area (Å²) in [6, 6.07) is 60.2. The lowest BCUT2D eigenvalue weighted by atomic mass is 9.86. The van der Waals surface area contributed by atoms with Crippen molar-refractivity contribution < 1.29 is 0 Å². The van der Waals surface area contributed by atoms with Gasteiger partial charge in [-0.25, -0.2) is 0 Å². The SMILES string of the molecule is CC(C)c1ccc2c(c1)c1cc(N(c3ccccc3)c3ccc4c(c3)c3cc(C(C)(C)C)ccc3n4-c3ccccc3)ccc1n2-c1ccccc1. The smallest absolute Gasteiger partial charge is 0.0542 e. The number of anilines is 3. The molecule has 0 saturated heterocycles. The summed E-state index contributed by atoms with van der Waals surface area (Å²) >= 11 is 0. The van der Waals surface area contributed by atoms with Crippen LogP contribution in [0.15, 0.2) is 164 Å². The number of para-hydroxylation sites is 3. The molecule has 9 aromatic rings. The first-order valence-electron chi connectivity index (χ1n) is 18.4. The molecule has 0 fully saturated rings. The molecule has 0 radical (unpaired) electrons. The van der Waals surface area contributed by atoms with Crippen LogP contribution in [0.1, 0.15) is 51.7 Å². The summed E-state index contributed by atoms with van der Waals surface area (Å²) in [6.07, 6.45) is 0. The van der Waals surface area contributed by atoms with Crippen LogP contribution in [0, 0.1) is 0 Å². The van der Waals surface area contributed by atoms with E-state index >= 15 is 0 Å². The third-order valence-corrected chi connectivity index (χ3v) is 10.6. The summed E-state index contributed by atoms with van der Waals surface area (Å²) in [5.41, 5.74) is 13.3. The highest BCUT2D eigenvalue weighted by Crippen LogP contribution is 2.43. The van der Waals surface area contributed by atoms with Crippen LogP contribution in [0.3, 0.4) is 0 Å². The zero-order valence-corrected chi connectivity index (χ0v) is 30.5. The molecule has 2 heterocycles. The van der Waals surface area contributed by atoms with Gasteiger partial charge in [0.25, 0.3) is 0 Å². The maximum absolute atomic E-state index is 2.41. The first-order chi connectivity index (χ1) is 25.3. The quantitative estimate of drug-likeness (QED) is 0.171. The van der Waals surface area contributed by atoms with Gasteiger partial charge in [-0.3, -0.25) is 0 Å². The van der Waals surface area contributed by atoms with Gasteiger partial charge in [-0.2, -0.15) is 0 Å². The second-order valence-electron chi connectivity index (χ2n) is 15.3. The Labute approximate surface area is 306 Å². The van der Waals surface area contributed by atoms with Gasteiger partial charge in [-0.1, -0.05) is 101 Å². The molecule has 0 aliphatic rings. The van der Waals surface area contributed by atoms with Crippen LogP contribution in [-0.2, 0) is 5.41 Å². The maximum Gasteiger partial charge on any atom is 0.0542 e. The minimum Gasteiger partial charge on any atom is -0.310 e. The molecule has 0 bridgehead atoms. The molecule has 3 heteroatoms. The van der Waals surface area contributed by atoms with Crippen LogP contribution in [0.4, 0.5) is 17.1 Å². The third kappa shape index (κ3) is 5.27. The Balaban J connectivity index is 1.30. The highest BCUT2D eigenvalue weighted by molar-refractivity contribution is 6.12. The first-order valence-corrected chi connectivity index (χ1v) is 18.4. The zero-order valence-electron chi connectivity index (χ0n) is 30.5. The molecule has 0 unspecified atom stereocenters. The average molecular weight is 674 g/mol. The third-order valence-electron chi connectivity index (χ3n) is 10.6. The molecule has 0 spiro atoms. The van der Waals surface area contributed by atoms with E-state index in [1.54, 1.807) is 0 Å². The molecule has 2 aromatic heterocycles. The lowest BCUT2D eigenvalue weighted by molar-refractivity contribution is 0.591. The molecule has 52 heavy (non-hydrogen) atoms. The van der Waals surface area contributed by atoms with E-state index in [4.69, 9.17) is 0 Å². The van der Waals surface area contributed by atoms with Gasteiger partial charge in [0, 0.05) is 50.0 Å². The predicted molar refractivity (Wildman–Crippen MR) is 223 cm³/mol. The number of benzene rings is 7. The summed E-state index contributed by atoms with van der Waals surface area (Å²) in [5, 5.41) is 5.03. The number of fused-ring (bicyclic) bond motifs is 6. The van der Waals surface area contributed by atoms with E-state index < -0.39 is 0 Å². The topological polar surface area (TPSA) is 13.1 Å². The standard InChI is InChI=1S/C49H43N3/c1-33(2)34-21-25-45-41(29-34)43-31-39(23-27-47(43)51(45)37-17-11-7-12-18-37)50(36-15-9-6-10-16-36)40-24-28-48-44(32-40)42-30-35(49(3,4)5)22-26-46(42)52(48)38-19-13-8-14-20-38/h6-33H,1-5H3. The molecule has 0 aliphatic carbocycles. The summed E-state index contributed by atoms with van der Waals surface area (Å²) in [6.45, 7) is 11.4. The van der Waals surface area contributed by atoms with Gasteiger partial charge in [0.05, 0.1) is 22.1 Å². The average Bonchev–Trinajstić information content (AvgIpc) is 3.67. The Hall–Kier alpha value is -6.06. The fraction of sp³-hybridized carbons (Fsp3) is 0.143. The largest absolute Gasteiger partial charge is 0.310 e. The number of aromatic nitrogens is 2. The highest BCUT2D eigenvalue weighted by atomic mass is 15.1. The second kappa shape index (κ2) is 12.3. The van der Waals surface area contributed by atoms with Crippen LogP contribution < -0.4 is 4.90 Å². The molecule has 254 valence electrons. The Morgan fingerprint density at radius 2 is 0.846 bits per heavy atom. The van der Waals surface area contributed by atoms with Crippen molar-refractivity contribution in [2.75, 3.05) is 4.90 Å². The molecule has 9 rings (SSSR count). The second-order valence-corrected chi connectivity index (χ2v) is 15.3. The zero-order chi connectivity index (χ0) is 35.6.